The topological polar surface area (TPSA) is 69.0 Å². The van der Waals surface area contributed by atoms with Crippen LogP contribution < -0.4 is 5.32 Å². The third kappa shape index (κ3) is 4.66. The molecule has 1 N–H and O–H groups in total. The molecule has 0 radical (unpaired) electrons. The Labute approximate surface area is 147 Å². The van der Waals surface area contributed by atoms with Crippen molar-refractivity contribution < 1.29 is 9.53 Å². The number of ether oxygens (including phenoxy) is 1. The first-order valence-electron chi connectivity index (χ1n) is 7.30. The monoisotopic (exact) mass is 386 g/mol. The van der Waals surface area contributed by atoms with Gasteiger partial charge in [0.25, 0.3) is 5.95 Å². The zero-order chi connectivity index (χ0) is 16.8. The number of hydrogen-bond donors (Lipinski definition) is 1. The molecule has 3 aromatic rings. The Morgan fingerprint density at radius 1 is 1.12 bits per heavy atom. The van der Waals surface area contributed by atoms with Gasteiger partial charge in [0.1, 0.15) is 12.9 Å². The third-order valence-corrected chi connectivity index (χ3v) is 3.69. The van der Waals surface area contributed by atoms with Crippen molar-refractivity contribution in [2.24, 2.45) is 0 Å². The molecule has 3 rings (SSSR count). The maximum absolute atomic E-state index is 11.8. The second-order valence-electron chi connectivity index (χ2n) is 5.08. The van der Waals surface area contributed by atoms with E-state index in [1.807, 2.05) is 54.6 Å². The van der Waals surface area contributed by atoms with Gasteiger partial charge < -0.3 is 4.74 Å². The number of rotatable bonds is 5. The normalized spacial score (nSPS) is 10.4. The molecular formula is C17H15BrN4O2. The summed E-state index contributed by atoms with van der Waals surface area (Å²) in [5.41, 5.74) is 1.99. The molecule has 0 fully saturated rings. The SMILES string of the molecule is O=C(Nc1ncn(Cc2cccc(Br)c2)n1)OCc1ccccc1. The first-order valence-corrected chi connectivity index (χ1v) is 8.10. The Balaban J connectivity index is 1.53. The standard InChI is InChI=1S/C17H15BrN4O2/c18-15-8-4-7-14(9-15)10-22-12-19-16(21-22)20-17(23)24-11-13-5-2-1-3-6-13/h1-9,12H,10-11H2,(H,20,21,23). The molecule has 0 saturated carbocycles. The molecule has 1 heterocycles. The fourth-order valence-electron chi connectivity index (χ4n) is 2.10. The van der Waals surface area contributed by atoms with Gasteiger partial charge in [-0.2, -0.15) is 0 Å². The molecule has 0 bridgehead atoms. The Hall–Kier alpha value is -2.67. The highest BCUT2D eigenvalue weighted by molar-refractivity contribution is 9.10. The Bertz CT molecular complexity index is 820. The number of anilines is 1. The smallest absolute Gasteiger partial charge is 0.414 e. The van der Waals surface area contributed by atoms with Gasteiger partial charge in [0, 0.05) is 4.47 Å². The fraction of sp³-hybridized carbons (Fsp3) is 0.118. The summed E-state index contributed by atoms with van der Waals surface area (Å²) in [7, 11) is 0. The van der Waals surface area contributed by atoms with Crippen molar-refractivity contribution in [3.63, 3.8) is 0 Å². The zero-order valence-corrected chi connectivity index (χ0v) is 14.3. The molecule has 122 valence electrons. The maximum Gasteiger partial charge on any atom is 0.414 e. The van der Waals surface area contributed by atoms with Crippen LogP contribution in [0.5, 0.6) is 0 Å². The van der Waals surface area contributed by atoms with E-state index in [1.54, 1.807) is 11.0 Å². The molecular weight excluding hydrogens is 372 g/mol. The van der Waals surface area contributed by atoms with Gasteiger partial charge in [0.2, 0.25) is 0 Å². The predicted molar refractivity (Wildman–Crippen MR) is 93.5 cm³/mol. The van der Waals surface area contributed by atoms with E-state index < -0.39 is 6.09 Å². The minimum absolute atomic E-state index is 0.200. The number of amides is 1. The summed E-state index contributed by atoms with van der Waals surface area (Å²) in [5, 5.41) is 6.72. The quantitative estimate of drug-likeness (QED) is 0.723. The van der Waals surface area contributed by atoms with Crippen LogP contribution >= 0.6 is 15.9 Å². The van der Waals surface area contributed by atoms with Crippen molar-refractivity contribution in [1.29, 1.82) is 0 Å². The van der Waals surface area contributed by atoms with E-state index in [-0.39, 0.29) is 12.6 Å². The maximum atomic E-state index is 11.8. The van der Waals surface area contributed by atoms with Gasteiger partial charge in [-0.1, -0.05) is 58.4 Å². The largest absolute Gasteiger partial charge is 0.444 e. The van der Waals surface area contributed by atoms with Crippen LogP contribution in [-0.2, 0) is 17.9 Å². The summed E-state index contributed by atoms with van der Waals surface area (Å²) in [6.07, 6.45) is 0.979. The van der Waals surface area contributed by atoms with Crippen LogP contribution in [0.2, 0.25) is 0 Å². The molecule has 0 atom stereocenters. The second kappa shape index (κ2) is 7.74. The van der Waals surface area contributed by atoms with E-state index in [0.717, 1.165) is 15.6 Å². The van der Waals surface area contributed by atoms with Crippen LogP contribution in [0, 0.1) is 0 Å². The van der Waals surface area contributed by atoms with Crippen LogP contribution in [0.4, 0.5) is 10.7 Å². The van der Waals surface area contributed by atoms with Crippen LogP contribution in [0.3, 0.4) is 0 Å². The van der Waals surface area contributed by atoms with Gasteiger partial charge >= 0.3 is 6.09 Å². The molecule has 6 nitrogen and oxygen atoms in total. The van der Waals surface area contributed by atoms with Crippen molar-refractivity contribution in [3.05, 3.63) is 76.5 Å². The minimum atomic E-state index is -0.584. The summed E-state index contributed by atoms with van der Waals surface area (Å²) in [5.74, 6) is 0.211. The van der Waals surface area contributed by atoms with E-state index in [0.29, 0.717) is 6.54 Å². The van der Waals surface area contributed by atoms with Gasteiger partial charge in [-0.05, 0) is 23.3 Å². The molecule has 24 heavy (non-hydrogen) atoms. The first-order chi connectivity index (χ1) is 11.7. The first kappa shape index (κ1) is 16.2. The third-order valence-electron chi connectivity index (χ3n) is 3.20. The number of carbonyl (C=O) groups excluding carboxylic acids is 1. The highest BCUT2D eigenvalue weighted by atomic mass is 79.9. The number of halogens is 1. The van der Waals surface area contributed by atoms with Crippen molar-refractivity contribution >= 4 is 28.0 Å². The number of nitrogens with zero attached hydrogens (tertiary/aromatic N) is 3. The lowest BCUT2D eigenvalue weighted by atomic mass is 10.2. The Morgan fingerprint density at radius 2 is 1.92 bits per heavy atom. The molecule has 0 aliphatic heterocycles. The van der Waals surface area contributed by atoms with Gasteiger partial charge in [-0.15, -0.1) is 5.10 Å². The fourth-order valence-corrected chi connectivity index (χ4v) is 2.55. The molecule has 0 unspecified atom stereocenters. The summed E-state index contributed by atoms with van der Waals surface area (Å²) >= 11 is 3.43. The van der Waals surface area contributed by atoms with Crippen molar-refractivity contribution in [2.75, 3.05) is 5.32 Å². The van der Waals surface area contributed by atoms with E-state index in [2.05, 4.69) is 31.3 Å². The lowest BCUT2D eigenvalue weighted by molar-refractivity contribution is 0.155. The van der Waals surface area contributed by atoms with Crippen molar-refractivity contribution in [2.45, 2.75) is 13.2 Å². The number of aromatic nitrogens is 3. The summed E-state index contributed by atoms with van der Waals surface area (Å²) < 4.78 is 7.78. The van der Waals surface area contributed by atoms with Gasteiger partial charge in [-0.25, -0.2) is 14.5 Å². The molecule has 2 aromatic carbocycles. The predicted octanol–water partition coefficient (Wildman–Crippen LogP) is 3.84. The molecule has 0 aliphatic carbocycles. The highest BCUT2D eigenvalue weighted by Gasteiger charge is 2.08. The second-order valence-corrected chi connectivity index (χ2v) is 6.00. The van der Waals surface area contributed by atoms with Crippen molar-refractivity contribution in [3.8, 4) is 0 Å². The van der Waals surface area contributed by atoms with E-state index in [1.165, 1.54) is 0 Å². The average Bonchev–Trinajstić information content (AvgIpc) is 3.01. The zero-order valence-electron chi connectivity index (χ0n) is 12.7. The van der Waals surface area contributed by atoms with Crippen molar-refractivity contribution in [1.82, 2.24) is 14.8 Å². The summed E-state index contributed by atoms with van der Waals surface area (Å²) in [6.45, 7) is 0.763. The molecule has 1 aromatic heterocycles. The van der Waals surface area contributed by atoms with Gasteiger partial charge in [0.05, 0.1) is 6.54 Å². The van der Waals surface area contributed by atoms with E-state index in [9.17, 15) is 4.79 Å². The molecule has 0 aliphatic rings. The number of benzene rings is 2. The molecule has 0 saturated heterocycles. The highest BCUT2D eigenvalue weighted by Crippen LogP contribution is 2.12. The Morgan fingerprint density at radius 3 is 2.71 bits per heavy atom. The minimum Gasteiger partial charge on any atom is -0.444 e. The average molecular weight is 387 g/mol. The van der Waals surface area contributed by atoms with Crippen LogP contribution in [-0.4, -0.2) is 20.9 Å². The van der Waals surface area contributed by atoms with Crippen LogP contribution in [0.25, 0.3) is 0 Å². The summed E-state index contributed by atoms with van der Waals surface area (Å²) in [4.78, 5) is 15.8. The molecule has 1 amide bonds. The van der Waals surface area contributed by atoms with Gasteiger partial charge in [-0.3, -0.25) is 5.32 Å². The van der Waals surface area contributed by atoms with Gasteiger partial charge in [0.15, 0.2) is 0 Å². The summed E-state index contributed by atoms with van der Waals surface area (Å²) in [6, 6.07) is 17.4. The number of carbonyl (C=O) groups is 1. The lowest BCUT2D eigenvalue weighted by Gasteiger charge is -2.04. The van der Waals surface area contributed by atoms with E-state index >= 15 is 0 Å². The van der Waals surface area contributed by atoms with Crippen LogP contribution in [0.15, 0.2) is 65.4 Å². The van der Waals surface area contributed by atoms with E-state index in [4.69, 9.17) is 4.74 Å². The lowest BCUT2D eigenvalue weighted by Crippen LogP contribution is -2.15. The number of nitrogens with one attached hydrogen (secondary N) is 1. The Kier molecular flexibility index (Phi) is 5.22. The number of hydrogen-bond acceptors (Lipinski definition) is 4. The molecule has 7 heteroatoms. The van der Waals surface area contributed by atoms with Crippen LogP contribution in [0.1, 0.15) is 11.1 Å². The molecule has 0 spiro atoms.